The molecule has 5 heteroatoms. The van der Waals surface area contributed by atoms with Crippen LogP contribution in [0.2, 0.25) is 10.0 Å². The molecule has 0 unspecified atom stereocenters. The molecule has 0 atom stereocenters. The molecule has 1 nitrogen and oxygen atoms in total. The molecule has 0 aliphatic heterocycles. The third kappa shape index (κ3) is 3.11. The van der Waals surface area contributed by atoms with E-state index in [4.69, 9.17) is 23.2 Å². The summed E-state index contributed by atoms with van der Waals surface area (Å²) in [5.74, 6) is -1.91. The van der Waals surface area contributed by atoms with Crippen LogP contribution >= 0.6 is 23.2 Å². The van der Waals surface area contributed by atoms with Gasteiger partial charge in [-0.3, -0.25) is 4.79 Å². The zero-order valence-corrected chi connectivity index (χ0v) is 11.1. The lowest BCUT2D eigenvalue weighted by molar-refractivity contribution is 0.0988. The van der Waals surface area contributed by atoms with Crippen LogP contribution in [0.1, 0.15) is 15.9 Å². The van der Waals surface area contributed by atoms with Crippen molar-refractivity contribution in [2.45, 2.75) is 6.42 Å². The highest BCUT2D eigenvalue weighted by Gasteiger charge is 2.15. The molecular formula is C14H8Cl2F2O. The summed E-state index contributed by atoms with van der Waals surface area (Å²) in [6.45, 7) is 0. The maximum Gasteiger partial charge on any atom is 0.170 e. The number of halogens is 4. The normalized spacial score (nSPS) is 10.5. The first-order valence-electron chi connectivity index (χ1n) is 5.40. The lowest BCUT2D eigenvalue weighted by Gasteiger charge is -2.05. The van der Waals surface area contributed by atoms with Gasteiger partial charge in [0.2, 0.25) is 0 Å². The second-order valence-electron chi connectivity index (χ2n) is 3.94. The molecule has 2 aromatic rings. The monoisotopic (exact) mass is 300 g/mol. The highest BCUT2D eigenvalue weighted by molar-refractivity contribution is 6.31. The summed E-state index contributed by atoms with van der Waals surface area (Å²) in [6, 6.07) is 8.09. The molecule has 0 radical (unpaired) electrons. The molecule has 0 amide bonds. The van der Waals surface area contributed by atoms with E-state index in [9.17, 15) is 13.6 Å². The molecule has 2 aromatic carbocycles. The SMILES string of the molecule is O=C(Cc1cccc(Cl)c1F)c1ccc(Cl)cc1F. The van der Waals surface area contributed by atoms with Crippen molar-refractivity contribution in [2.75, 3.05) is 0 Å². The van der Waals surface area contributed by atoms with Crippen molar-refractivity contribution in [1.82, 2.24) is 0 Å². The quantitative estimate of drug-likeness (QED) is 0.751. The van der Waals surface area contributed by atoms with Crippen LogP contribution in [0.3, 0.4) is 0 Å². The molecule has 0 N–H and O–H groups in total. The summed E-state index contributed by atoms with van der Waals surface area (Å²) in [5, 5.41) is 0.130. The fourth-order valence-electron chi connectivity index (χ4n) is 1.67. The van der Waals surface area contributed by atoms with Gasteiger partial charge in [0.25, 0.3) is 0 Å². The van der Waals surface area contributed by atoms with Gasteiger partial charge < -0.3 is 0 Å². The Labute approximate surface area is 118 Å². The predicted octanol–water partition coefficient (Wildman–Crippen LogP) is 4.70. The van der Waals surface area contributed by atoms with Crippen LogP contribution in [0.25, 0.3) is 0 Å². The molecule has 0 bridgehead atoms. The van der Waals surface area contributed by atoms with E-state index in [1.807, 2.05) is 0 Å². The number of Topliss-reactive ketones (excluding diaryl/α,β-unsaturated/α-hetero) is 1. The van der Waals surface area contributed by atoms with Crippen LogP contribution in [0, 0.1) is 11.6 Å². The lowest BCUT2D eigenvalue weighted by Crippen LogP contribution is -2.07. The first-order chi connectivity index (χ1) is 8.99. The van der Waals surface area contributed by atoms with Crippen LogP contribution in [-0.2, 0) is 6.42 Å². The second-order valence-corrected chi connectivity index (χ2v) is 4.78. The van der Waals surface area contributed by atoms with E-state index >= 15 is 0 Å². The van der Waals surface area contributed by atoms with E-state index in [-0.39, 0.29) is 27.6 Å². The molecule has 19 heavy (non-hydrogen) atoms. The average molecular weight is 301 g/mol. The third-order valence-corrected chi connectivity index (χ3v) is 3.14. The van der Waals surface area contributed by atoms with Crippen molar-refractivity contribution < 1.29 is 13.6 Å². The predicted molar refractivity (Wildman–Crippen MR) is 70.9 cm³/mol. The van der Waals surface area contributed by atoms with Gasteiger partial charge in [-0.25, -0.2) is 8.78 Å². The van der Waals surface area contributed by atoms with Gasteiger partial charge in [0.1, 0.15) is 11.6 Å². The molecule has 98 valence electrons. The Hall–Kier alpha value is -1.45. The number of carbonyl (C=O) groups is 1. The number of rotatable bonds is 3. The standard InChI is InChI=1S/C14H8Cl2F2O/c15-9-4-5-10(12(17)7-9)13(19)6-8-2-1-3-11(16)14(8)18/h1-5,7H,6H2. The van der Waals surface area contributed by atoms with Crippen molar-refractivity contribution in [3.63, 3.8) is 0 Å². The van der Waals surface area contributed by atoms with Crippen molar-refractivity contribution in [2.24, 2.45) is 0 Å². The molecule has 0 aliphatic rings. The molecule has 0 saturated carbocycles. The van der Waals surface area contributed by atoms with Crippen LogP contribution in [0.4, 0.5) is 8.78 Å². The highest BCUT2D eigenvalue weighted by atomic mass is 35.5. The minimum atomic E-state index is -0.722. The molecule has 0 aliphatic carbocycles. The van der Waals surface area contributed by atoms with Gasteiger partial charge in [0.15, 0.2) is 5.78 Å². The smallest absolute Gasteiger partial charge is 0.170 e. The van der Waals surface area contributed by atoms with Crippen LogP contribution in [-0.4, -0.2) is 5.78 Å². The summed E-state index contributed by atoms with van der Waals surface area (Å²) in [5.41, 5.74) is 0.00984. The number of benzene rings is 2. The number of hydrogen-bond donors (Lipinski definition) is 0. The van der Waals surface area contributed by atoms with E-state index < -0.39 is 17.4 Å². The molecule has 2 rings (SSSR count). The molecule has 0 fully saturated rings. The zero-order valence-electron chi connectivity index (χ0n) is 9.59. The topological polar surface area (TPSA) is 17.1 Å². The summed E-state index contributed by atoms with van der Waals surface area (Å²) in [7, 11) is 0. The molecular weight excluding hydrogens is 293 g/mol. The Morgan fingerprint density at radius 1 is 1.11 bits per heavy atom. The largest absolute Gasteiger partial charge is 0.294 e. The van der Waals surface area contributed by atoms with E-state index in [0.717, 1.165) is 6.07 Å². The fourth-order valence-corrected chi connectivity index (χ4v) is 2.02. The summed E-state index contributed by atoms with van der Waals surface area (Å²) in [6.07, 6.45) is -0.259. The minimum absolute atomic E-state index is 0.0677. The summed E-state index contributed by atoms with van der Waals surface area (Å²) in [4.78, 5) is 11.9. The average Bonchev–Trinajstić information content (AvgIpc) is 2.34. The Morgan fingerprint density at radius 3 is 2.53 bits per heavy atom. The number of carbonyl (C=O) groups excluding carboxylic acids is 1. The third-order valence-electron chi connectivity index (χ3n) is 2.61. The van der Waals surface area contributed by atoms with Crippen molar-refractivity contribution in [3.05, 3.63) is 69.2 Å². The summed E-state index contributed by atoms with van der Waals surface area (Å²) >= 11 is 11.2. The van der Waals surface area contributed by atoms with Crippen molar-refractivity contribution >= 4 is 29.0 Å². The molecule has 0 aromatic heterocycles. The lowest BCUT2D eigenvalue weighted by atomic mass is 10.0. The number of ketones is 1. The van der Waals surface area contributed by atoms with Gasteiger partial charge in [-0.2, -0.15) is 0 Å². The van der Waals surface area contributed by atoms with Crippen LogP contribution in [0.15, 0.2) is 36.4 Å². The van der Waals surface area contributed by atoms with Gasteiger partial charge in [-0.15, -0.1) is 0 Å². The van der Waals surface area contributed by atoms with Crippen molar-refractivity contribution in [1.29, 1.82) is 0 Å². The zero-order chi connectivity index (χ0) is 14.0. The number of hydrogen-bond acceptors (Lipinski definition) is 1. The van der Waals surface area contributed by atoms with E-state index in [1.54, 1.807) is 0 Å². The maximum atomic E-state index is 13.6. The Kier molecular flexibility index (Phi) is 4.17. The minimum Gasteiger partial charge on any atom is -0.294 e. The molecule has 0 heterocycles. The fraction of sp³-hybridized carbons (Fsp3) is 0.0714. The Balaban J connectivity index is 2.28. The molecule has 0 saturated heterocycles. The van der Waals surface area contributed by atoms with Crippen molar-refractivity contribution in [3.8, 4) is 0 Å². The first kappa shape index (κ1) is 14.0. The van der Waals surface area contributed by atoms with Gasteiger partial charge in [0.05, 0.1) is 10.6 Å². The second kappa shape index (κ2) is 5.68. The van der Waals surface area contributed by atoms with Gasteiger partial charge in [0, 0.05) is 11.4 Å². The van der Waals surface area contributed by atoms with Crippen LogP contribution in [0.5, 0.6) is 0 Å². The Bertz CT molecular complexity index is 641. The van der Waals surface area contributed by atoms with E-state index in [1.165, 1.54) is 30.3 Å². The first-order valence-corrected chi connectivity index (χ1v) is 6.16. The summed E-state index contributed by atoms with van der Waals surface area (Å²) < 4.78 is 27.2. The van der Waals surface area contributed by atoms with E-state index in [0.29, 0.717) is 0 Å². The molecule has 0 spiro atoms. The highest BCUT2D eigenvalue weighted by Crippen LogP contribution is 2.21. The van der Waals surface area contributed by atoms with E-state index in [2.05, 4.69) is 0 Å². The maximum absolute atomic E-state index is 13.6. The van der Waals surface area contributed by atoms with Gasteiger partial charge in [-0.1, -0.05) is 35.3 Å². The Morgan fingerprint density at radius 2 is 1.84 bits per heavy atom. The van der Waals surface area contributed by atoms with Gasteiger partial charge >= 0.3 is 0 Å². The van der Waals surface area contributed by atoms with Crippen LogP contribution < -0.4 is 0 Å². The van der Waals surface area contributed by atoms with Gasteiger partial charge in [-0.05, 0) is 29.8 Å².